The van der Waals surface area contributed by atoms with Gasteiger partial charge in [0.05, 0.1) is 6.61 Å². The van der Waals surface area contributed by atoms with Gasteiger partial charge in [-0.2, -0.15) is 0 Å². The third kappa shape index (κ3) is 3.91. The summed E-state index contributed by atoms with van der Waals surface area (Å²) in [6, 6.07) is 16.2. The van der Waals surface area contributed by atoms with Gasteiger partial charge < -0.3 is 14.6 Å². The van der Waals surface area contributed by atoms with Crippen molar-refractivity contribution < 1.29 is 9.53 Å². The van der Waals surface area contributed by atoms with Crippen LogP contribution in [0.15, 0.2) is 48.5 Å². The number of ether oxygens (including phenoxy) is 1. The number of benzene rings is 2. The molecule has 3 aromatic rings. The lowest BCUT2D eigenvalue weighted by atomic mass is 10.1. The quantitative estimate of drug-likeness (QED) is 0.737. The van der Waals surface area contributed by atoms with Gasteiger partial charge in [-0.3, -0.25) is 4.79 Å². The highest BCUT2D eigenvalue weighted by atomic mass is 16.5. The predicted molar refractivity (Wildman–Crippen MR) is 101 cm³/mol. The van der Waals surface area contributed by atoms with Gasteiger partial charge in [0.1, 0.15) is 5.69 Å². The van der Waals surface area contributed by atoms with E-state index in [2.05, 4.69) is 31.0 Å². The van der Waals surface area contributed by atoms with E-state index in [0.29, 0.717) is 25.4 Å². The first-order chi connectivity index (χ1) is 12.1. The molecule has 0 aliphatic carbocycles. The van der Waals surface area contributed by atoms with Crippen LogP contribution in [0.3, 0.4) is 0 Å². The molecule has 0 atom stereocenters. The standard InChI is InChI=1S/C21H24N2O2/c1-15-11-16(2)18-13-20(22-19(18)12-15)21(24)23(9-10-25-3)14-17-7-5-4-6-8-17/h4-8,11-13,22H,9-10,14H2,1-3H3. The maximum Gasteiger partial charge on any atom is 0.270 e. The molecule has 25 heavy (non-hydrogen) atoms. The van der Waals surface area contributed by atoms with E-state index in [-0.39, 0.29) is 5.91 Å². The molecule has 0 saturated heterocycles. The minimum absolute atomic E-state index is 0.00541. The molecule has 1 aromatic heterocycles. The summed E-state index contributed by atoms with van der Waals surface area (Å²) in [5, 5.41) is 1.10. The van der Waals surface area contributed by atoms with Crippen molar-refractivity contribution in [1.29, 1.82) is 0 Å². The number of amides is 1. The van der Waals surface area contributed by atoms with Crippen LogP contribution in [0.1, 0.15) is 27.2 Å². The van der Waals surface area contributed by atoms with Crippen LogP contribution >= 0.6 is 0 Å². The van der Waals surface area contributed by atoms with Crippen LogP contribution in [-0.4, -0.2) is 36.1 Å². The number of carbonyl (C=O) groups is 1. The molecule has 0 fully saturated rings. The summed E-state index contributed by atoms with van der Waals surface area (Å²) >= 11 is 0. The zero-order valence-electron chi connectivity index (χ0n) is 15.0. The number of nitrogens with one attached hydrogen (secondary N) is 1. The Bertz CT molecular complexity index is 868. The van der Waals surface area contributed by atoms with Gasteiger partial charge in [-0.05, 0) is 42.7 Å². The molecule has 0 aliphatic heterocycles. The first-order valence-electron chi connectivity index (χ1n) is 8.50. The Kier molecular flexibility index (Phi) is 5.19. The maximum atomic E-state index is 13.1. The number of aromatic nitrogens is 1. The highest BCUT2D eigenvalue weighted by molar-refractivity contribution is 5.99. The number of H-pyrrole nitrogens is 1. The summed E-state index contributed by atoms with van der Waals surface area (Å²) in [5.41, 5.74) is 5.10. The van der Waals surface area contributed by atoms with E-state index < -0.39 is 0 Å². The lowest BCUT2D eigenvalue weighted by molar-refractivity contribution is 0.0675. The van der Waals surface area contributed by atoms with Gasteiger partial charge in [-0.25, -0.2) is 0 Å². The normalized spacial score (nSPS) is 11.0. The first-order valence-corrected chi connectivity index (χ1v) is 8.50. The molecule has 4 heteroatoms. The summed E-state index contributed by atoms with van der Waals surface area (Å²) in [6.45, 7) is 5.77. The number of hydrogen-bond acceptors (Lipinski definition) is 2. The molecule has 2 aromatic carbocycles. The summed E-state index contributed by atoms with van der Waals surface area (Å²) < 4.78 is 5.19. The van der Waals surface area contributed by atoms with Crippen molar-refractivity contribution in [1.82, 2.24) is 9.88 Å². The molecule has 1 N–H and O–H groups in total. The number of hydrogen-bond donors (Lipinski definition) is 1. The van der Waals surface area contributed by atoms with E-state index in [4.69, 9.17) is 4.74 Å². The highest BCUT2D eigenvalue weighted by Gasteiger charge is 2.18. The highest BCUT2D eigenvalue weighted by Crippen LogP contribution is 2.22. The fraction of sp³-hybridized carbons (Fsp3) is 0.286. The Balaban J connectivity index is 1.90. The second kappa shape index (κ2) is 7.53. The van der Waals surface area contributed by atoms with Gasteiger partial charge in [0, 0.05) is 31.1 Å². The van der Waals surface area contributed by atoms with Gasteiger partial charge >= 0.3 is 0 Å². The fourth-order valence-electron chi connectivity index (χ4n) is 3.14. The summed E-state index contributed by atoms with van der Waals surface area (Å²) in [4.78, 5) is 18.2. The third-order valence-corrected chi connectivity index (χ3v) is 4.39. The molecule has 0 saturated carbocycles. The van der Waals surface area contributed by atoms with Gasteiger partial charge in [-0.1, -0.05) is 36.4 Å². The Morgan fingerprint density at radius 3 is 2.60 bits per heavy atom. The van der Waals surface area contributed by atoms with E-state index in [1.165, 1.54) is 11.1 Å². The second-order valence-electron chi connectivity index (χ2n) is 6.43. The van der Waals surface area contributed by atoms with Crippen LogP contribution in [0, 0.1) is 13.8 Å². The number of methoxy groups -OCH3 is 1. The topological polar surface area (TPSA) is 45.3 Å². The Labute approximate surface area is 148 Å². The molecule has 1 amide bonds. The monoisotopic (exact) mass is 336 g/mol. The smallest absolute Gasteiger partial charge is 0.270 e. The minimum atomic E-state index is -0.00541. The SMILES string of the molecule is COCCN(Cc1ccccc1)C(=O)c1cc2c(C)cc(C)cc2[nH]1. The molecule has 1 heterocycles. The zero-order chi connectivity index (χ0) is 17.8. The number of nitrogens with zero attached hydrogens (tertiary/aromatic N) is 1. The number of rotatable bonds is 6. The number of fused-ring (bicyclic) bond motifs is 1. The summed E-state index contributed by atoms with van der Waals surface area (Å²) in [5.74, 6) is -0.00541. The van der Waals surface area contributed by atoms with Crippen LogP contribution in [0.5, 0.6) is 0 Å². The minimum Gasteiger partial charge on any atom is -0.383 e. The average Bonchev–Trinajstić information content (AvgIpc) is 3.03. The maximum absolute atomic E-state index is 13.1. The molecule has 0 radical (unpaired) electrons. The van der Waals surface area contributed by atoms with Crippen LogP contribution in [0.25, 0.3) is 10.9 Å². The van der Waals surface area contributed by atoms with Gasteiger partial charge in [-0.15, -0.1) is 0 Å². The van der Waals surface area contributed by atoms with E-state index >= 15 is 0 Å². The van der Waals surface area contributed by atoms with Crippen molar-refractivity contribution in [3.05, 3.63) is 70.9 Å². The molecule has 0 spiro atoms. The van der Waals surface area contributed by atoms with Crippen LogP contribution in [0.2, 0.25) is 0 Å². The summed E-state index contributed by atoms with van der Waals surface area (Å²) in [6.07, 6.45) is 0. The average molecular weight is 336 g/mol. The molecular weight excluding hydrogens is 312 g/mol. The zero-order valence-corrected chi connectivity index (χ0v) is 15.0. The van der Waals surface area contributed by atoms with Gasteiger partial charge in [0.15, 0.2) is 0 Å². The number of aromatic amines is 1. The van der Waals surface area contributed by atoms with Crippen LogP contribution in [-0.2, 0) is 11.3 Å². The van der Waals surface area contributed by atoms with E-state index in [1.54, 1.807) is 7.11 Å². The molecule has 4 nitrogen and oxygen atoms in total. The molecule has 0 unspecified atom stereocenters. The fourth-order valence-corrected chi connectivity index (χ4v) is 3.14. The Morgan fingerprint density at radius 2 is 1.88 bits per heavy atom. The van der Waals surface area contributed by atoms with Crippen LogP contribution < -0.4 is 0 Å². The van der Waals surface area contributed by atoms with Crippen molar-refractivity contribution in [3.63, 3.8) is 0 Å². The van der Waals surface area contributed by atoms with Crippen molar-refractivity contribution >= 4 is 16.8 Å². The van der Waals surface area contributed by atoms with E-state index in [1.807, 2.05) is 41.3 Å². The summed E-state index contributed by atoms with van der Waals surface area (Å²) in [7, 11) is 1.65. The van der Waals surface area contributed by atoms with Crippen LogP contribution in [0.4, 0.5) is 0 Å². The number of carbonyl (C=O) groups excluding carboxylic acids is 1. The molecule has 0 aliphatic rings. The Hall–Kier alpha value is -2.59. The van der Waals surface area contributed by atoms with E-state index in [9.17, 15) is 4.79 Å². The lowest BCUT2D eigenvalue weighted by Gasteiger charge is -2.22. The van der Waals surface area contributed by atoms with Crippen molar-refractivity contribution in [2.24, 2.45) is 0 Å². The largest absolute Gasteiger partial charge is 0.383 e. The Morgan fingerprint density at radius 1 is 1.12 bits per heavy atom. The van der Waals surface area contributed by atoms with Gasteiger partial charge in [0.2, 0.25) is 0 Å². The van der Waals surface area contributed by atoms with Gasteiger partial charge in [0.25, 0.3) is 5.91 Å². The van der Waals surface area contributed by atoms with Crippen molar-refractivity contribution in [3.8, 4) is 0 Å². The number of aryl methyl sites for hydroxylation is 2. The molecule has 3 rings (SSSR count). The van der Waals surface area contributed by atoms with E-state index in [0.717, 1.165) is 16.5 Å². The second-order valence-corrected chi connectivity index (χ2v) is 6.43. The molecule has 130 valence electrons. The van der Waals surface area contributed by atoms with Crippen molar-refractivity contribution in [2.45, 2.75) is 20.4 Å². The first kappa shape index (κ1) is 17.2. The molecule has 0 bridgehead atoms. The predicted octanol–water partition coefficient (Wildman–Crippen LogP) is 4.07. The third-order valence-electron chi connectivity index (χ3n) is 4.39. The lowest BCUT2D eigenvalue weighted by Crippen LogP contribution is -2.33. The molecular formula is C21H24N2O2. The van der Waals surface area contributed by atoms with Crippen molar-refractivity contribution in [2.75, 3.05) is 20.3 Å².